The maximum absolute atomic E-state index is 12.4. The van der Waals surface area contributed by atoms with E-state index in [0.29, 0.717) is 23.5 Å². The van der Waals surface area contributed by atoms with Gasteiger partial charge in [-0.15, -0.1) is 0 Å². The molecule has 2 aromatic rings. The first kappa shape index (κ1) is 21.0. The molecule has 0 aliphatic heterocycles. The summed E-state index contributed by atoms with van der Waals surface area (Å²) in [5.41, 5.74) is 1.87. The second kappa shape index (κ2) is 10.7. The number of nitrogens with one attached hydrogen (secondary N) is 2. The molecule has 0 saturated heterocycles. The highest BCUT2D eigenvalue weighted by Crippen LogP contribution is 2.27. The summed E-state index contributed by atoms with van der Waals surface area (Å²) >= 11 is 3.47. The summed E-state index contributed by atoms with van der Waals surface area (Å²) in [6.07, 6.45) is 4.60. The van der Waals surface area contributed by atoms with Gasteiger partial charge in [-0.25, -0.2) is 0 Å². The van der Waals surface area contributed by atoms with Crippen LogP contribution in [-0.4, -0.2) is 18.4 Å². The van der Waals surface area contributed by atoms with Crippen LogP contribution in [0.15, 0.2) is 46.9 Å². The molecular formula is C21H25BrN2O3. The third kappa shape index (κ3) is 7.06. The number of anilines is 2. The summed E-state index contributed by atoms with van der Waals surface area (Å²) in [5, 5.41) is 5.53. The molecule has 0 spiro atoms. The SMILES string of the molecule is CCCCCCOc1ccc(C(=O)Nc2ccc(NC(C)=O)cc2)cc1Br. The number of halogens is 1. The van der Waals surface area contributed by atoms with Gasteiger partial charge in [-0.3, -0.25) is 9.59 Å². The van der Waals surface area contributed by atoms with E-state index < -0.39 is 0 Å². The Balaban J connectivity index is 1.92. The van der Waals surface area contributed by atoms with Crippen molar-refractivity contribution in [1.82, 2.24) is 0 Å². The number of hydrogen-bond acceptors (Lipinski definition) is 3. The van der Waals surface area contributed by atoms with E-state index in [4.69, 9.17) is 4.74 Å². The average Bonchev–Trinajstić information content (AvgIpc) is 2.63. The maximum Gasteiger partial charge on any atom is 0.255 e. The molecule has 0 heterocycles. The van der Waals surface area contributed by atoms with Crippen LogP contribution in [0.3, 0.4) is 0 Å². The molecule has 2 amide bonds. The quantitative estimate of drug-likeness (QED) is 0.505. The fraction of sp³-hybridized carbons (Fsp3) is 0.333. The molecule has 0 unspecified atom stereocenters. The van der Waals surface area contributed by atoms with Gasteiger partial charge in [0.25, 0.3) is 5.91 Å². The van der Waals surface area contributed by atoms with E-state index in [1.54, 1.807) is 42.5 Å². The molecule has 27 heavy (non-hydrogen) atoms. The highest BCUT2D eigenvalue weighted by atomic mass is 79.9. The maximum atomic E-state index is 12.4. The standard InChI is InChI=1S/C21H25BrN2O3/c1-3-4-5-6-13-27-20-12-7-16(14-19(20)22)21(26)24-18-10-8-17(9-11-18)23-15(2)25/h7-12,14H,3-6,13H2,1-2H3,(H,23,25)(H,24,26). The largest absolute Gasteiger partial charge is 0.492 e. The zero-order valence-electron chi connectivity index (χ0n) is 15.7. The summed E-state index contributed by atoms with van der Waals surface area (Å²) in [6.45, 7) is 4.30. The lowest BCUT2D eigenvalue weighted by Gasteiger charge is -2.10. The minimum absolute atomic E-state index is 0.135. The van der Waals surface area contributed by atoms with Gasteiger partial charge in [0.2, 0.25) is 5.91 Å². The molecule has 2 rings (SSSR count). The number of benzene rings is 2. The van der Waals surface area contributed by atoms with E-state index in [1.807, 2.05) is 0 Å². The predicted molar refractivity (Wildman–Crippen MR) is 112 cm³/mol. The molecule has 0 atom stereocenters. The van der Waals surface area contributed by atoms with Gasteiger partial charge in [0, 0.05) is 23.9 Å². The van der Waals surface area contributed by atoms with Crippen molar-refractivity contribution in [2.45, 2.75) is 39.5 Å². The van der Waals surface area contributed by atoms with E-state index in [-0.39, 0.29) is 11.8 Å². The van der Waals surface area contributed by atoms with Crippen molar-refractivity contribution in [1.29, 1.82) is 0 Å². The molecule has 2 N–H and O–H groups in total. The highest BCUT2D eigenvalue weighted by Gasteiger charge is 2.10. The van der Waals surface area contributed by atoms with Crippen LogP contribution in [0.5, 0.6) is 5.75 Å². The number of amides is 2. The fourth-order valence-electron chi connectivity index (χ4n) is 2.51. The summed E-state index contributed by atoms with van der Waals surface area (Å²) in [5.74, 6) is 0.393. The molecule has 144 valence electrons. The minimum atomic E-state index is -0.211. The number of carbonyl (C=O) groups is 2. The minimum Gasteiger partial charge on any atom is -0.492 e. The molecular weight excluding hydrogens is 408 g/mol. The van der Waals surface area contributed by atoms with E-state index >= 15 is 0 Å². The van der Waals surface area contributed by atoms with Crippen molar-refractivity contribution in [3.05, 3.63) is 52.5 Å². The molecule has 0 aromatic heterocycles. The lowest BCUT2D eigenvalue weighted by molar-refractivity contribution is -0.114. The van der Waals surface area contributed by atoms with Crippen molar-refractivity contribution >= 4 is 39.1 Å². The van der Waals surface area contributed by atoms with E-state index in [2.05, 4.69) is 33.5 Å². The predicted octanol–water partition coefficient (Wildman–Crippen LogP) is 5.62. The van der Waals surface area contributed by atoms with Gasteiger partial charge >= 0.3 is 0 Å². The molecule has 0 bridgehead atoms. The Bertz CT molecular complexity index is 775. The van der Waals surface area contributed by atoms with Crippen LogP contribution >= 0.6 is 15.9 Å². The Morgan fingerprint density at radius 1 is 0.963 bits per heavy atom. The number of ether oxygens (including phenoxy) is 1. The molecule has 0 fully saturated rings. The summed E-state index contributed by atoms with van der Waals surface area (Å²) in [6, 6.07) is 12.3. The Kier molecular flexibility index (Phi) is 8.33. The third-order valence-electron chi connectivity index (χ3n) is 3.91. The first-order valence-corrected chi connectivity index (χ1v) is 9.90. The van der Waals surface area contributed by atoms with Gasteiger partial charge in [-0.2, -0.15) is 0 Å². The Labute approximate surface area is 168 Å². The first-order valence-electron chi connectivity index (χ1n) is 9.11. The van der Waals surface area contributed by atoms with Crippen LogP contribution < -0.4 is 15.4 Å². The molecule has 5 nitrogen and oxygen atoms in total. The van der Waals surface area contributed by atoms with Gasteiger partial charge in [0.1, 0.15) is 5.75 Å². The monoisotopic (exact) mass is 432 g/mol. The van der Waals surface area contributed by atoms with E-state index in [0.717, 1.165) is 23.1 Å². The van der Waals surface area contributed by atoms with E-state index in [9.17, 15) is 9.59 Å². The smallest absolute Gasteiger partial charge is 0.255 e. The average molecular weight is 433 g/mol. The highest BCUT2D eigenvalue weighted by molar-refractivity contribution is 9.10. The Hall–Kier alpha value is -2.34. The first-order chi connectivity index (χ1) is 13.0. The van der Waals surface area contributed by atoms with Crippen LogP contribution in [0.1, 0.15) is 49.9 Å². The second-order valence-corrected chi connectivity index (χ2v) is 7.12. The molecule has 0 aliphatic rings. The van der Waals surface area contributed by atoms with Crippen molar-refractivity contribution in [3.63, 3.8) is 0 Å². The number of unbranched alkanes of at least 4 members (excludes halogenated alkanes) is 3. The topological polar surface area (TPSA) is 67.4 Å². The van der Waals surface area contributed by atoms with Crippen LogP contribution in [-0.2, 0) is 4.79 Å². The number of hydrogen-bond donors (Lipinski definition) is 2. The second-order valence-electron chi connectivity index (χ2n) is 6.27. The Morgan fingerprint density at radius 2 is 1.63 bits per heavy atom. The van der Waals surface area contributed by atoms with Gasteiger partial charge in [0.05, 0.1) is 11.1 Å². The lowest BCUT2D eigenvalue weighted by Crippen LogP contribution is -2.12. The molecule has 6 heteroatoms. The van der Waals surface area contributed by atoms with Crippen molar-refractivity contribution in [3.8, 4) is 5.75 Å². The van der Waals surface area contributed by atoms with Crippen molar-refractivity contribution in [2.75, 3.05) is 17.2 Å². The summed E-state index contributed by atoms with van der Waals surface area (Å²) in [7, 11) is 0. The Morgan fingerprint density at radius 3 is 2.22 bits per heavy atom. The third-order valence-corrected chi connectivity index (χ3v) is 4.53. The zero-order valence-corrected chi connectivity index (χ0v) is 17.3. The van der Waals surface area contributed by atoms with Gasteiger partial charge in [-0.1, -0.05) is 26.2 Å². The normalized spacial score (nSPS) is 10.3. The van der Waals surface area contributed by atoms with Crippen LogP contribution in [0.25, 0.3) is 0 Å². The molecule has 0 radical (unpaired) electrons. The van der Waals surface area contributed by atoms with Gasteiger partial charge in [-0.05, 0) is 64.8 Å². The summed E-state index contributed by atoms with van der Waals surface area (Å²) in [4.78, 5) is 23.5. The van der Waals surface area contributed by atoms with Crippen molar-refractivity contribution in [2.24, 2.45) is 0 Å². The van der Waals surface area contributed by atoms with Gasteiger partial charge in [0.15, 0.2) is 0 Å². The number of carbonyl (C=O) groups excluding carboxylic acids is 2. The molecule has 2 aromatic carbocycles. The van der Waals surface area contributed by atoms with E-state index in [1.165, 1.54) is 19.8 Å². The van der Waals surface area contributed by atoms with Gasteiger partial charge < -0.3 is 15.4 Å². The van der Waals surface area contributed by atoms with Crippen LogP contribution in [0, 0.1) is 0 Å². The fourth-order valence-corrected chi connectivity index (χ4v) is 3.01. The lowest BCUT2D eigenvalue weighted by atomic mass is 10.2. The van der Waals surface area contributed by atoms with Crippen LogP contribution in [0.2, 0.25) is 0 Å². The number of rotatable bonds is 9. The summed E-state index contributed by atoms with van der Waals surface area (Å²) < 4.78 is 6.52. The molecule has 0 saturated carbocycles. The molecule has 0 aliphatic carbocycles. The van der Waals surface area contributed by atoms with Crippen LogP contribution in [0.4, 0.5) is 11.4 Å². The zero-order chi connectivity index (χ0) is 19.6. The van der Waals surface area contributed by atoms with Crippen molar-refractivity contribution < 1.29 is 14.3 Å².